The molecule has 0 radical (unpaired) electrons. The van der Waals surface area contributed by atoms with E-state index in [2.05, 4.69) is 36.5 Å². The van der Waals surface area contributed by atoms with Gasteiger partial charge in [0.15, 0.2) is 0 Å². The van der Waals surface area contributed by atoms with Gasteiger partial charge in [0.05, 0.1) is 18.8 Å². The summed E-state index contributed by atoms with van der Waals surface area (Å²) >= 11 is 0. The third-order valence-electron chi connectivity index (χ3n) is 4.04. The molecule has 1 fully saturated rings. The van der Waals surface area contributed by atoms with Crippen LogP contribution in [0.15, 0.2) is 30.3 Å². The van der Waals surface area contributed by atoms with Crippen LogP contribution in [-0.2, 0) is 4.74 Å². The summed E-state index contributed by atoms with van der Waals surface area (Å²) in [5.74, 6) is 0. The number of aliphatic hydroxyl groups excluding tert-OH is 1. The average Bonchev–Trinajstić information content (AvgIpc) is 3.00. The molecule has 1 saturated carbocycles. The van der Waals surface area contributed by atoms with Crippen LogP contribution in [0.2, 0.25) is 0 Å². The highest BCUT2D eigenvalue weighted by Gasteiger charge is 2.17. The van der Waals surface area contributed by atoms with Gasteiger partial charge in [0, 0.05) is 12.6 Å². The second-order valence-corrected chi connectivity index (χ2v) is 5.67. The van der Waals surface area contributed by atoms with Crippen LogP contribution < -0.4 is 5.32 Å². The highest BCUT2D eigenvalue weighted by atomic mass is 16.5. The van der Waals surface area contributed by atoms with Gasteiger partial charge in [-0.25, -0.2) is 0 Å². The van der Waals surface area contributed by atoms with Crippen molar-refractivity contribution >= 4 is 0 Å². The van der Waals surface area contributed by atoms with Gasteiger partial charge in [-0.15, -0.1) is 0 Å². The molecular weight excluding hydrogens is 250 g/mol. The Kier molecular flexibility index (Phi) is 6.51. The van der Waals surface area contributed by atoms with Crippen LogP contribution in [0.4, 0.5) is 0 Å². The van der Waals surface area contributed by atoms with Crippen molar-refractivity contribution in [3.05, 3.63) is 35.9 Å². The third kappa shape index (κ3) is 4.89. The summed E-state index contributed by atoms with van der Waals surface area (Å²) in [5.41, 5.74) is 1.28. The predicted molar refractivity (Wildman–Crippen MR) is 81.7 cm³/mol. The number of aliphatic hydroxyl groups is 1. The lowest BCUT2D eigenvalue weighted by Crippen LogP contribution is -2.33. The van der Waals surface area contributed by atoms with Crippen molar-refractivity contribution in [1.82, 2.24) is 5.32 Å². The highest BCUT2D eigenvalue weighted by molar-refractivity contribution is 5.18. The summed E-state index contributed by atoms with van der Waals surface area (Å²) in [6, 6.07) is 10.7. The molecule has 3 nitrogen and oxygen atoms in total. The molecule has 0 amide bonds. The summed E-state index contributed by atoms with van der Waals surface area (Å²) in [7, 11) is 0. The van der Waals surface area contributed by atoms with E-state index < -0.39 is 6.10 Å². The normalized spacial score (nSPS) is 19.1. The van der Waals surface area contributed by atoms with E-state index in [0.29, 0.717) is 25.3 Å². The van der Waals surface area contributed by atoms with Gasteiger partial charge in [0.25, 0.3) is 0 Å². The van der Waals surface area contributed by atoms with Crippen LogP contribution >= 0.6 is 0 Å². The minimum absolute atomic E-state index is 0.303. The minimum Gasteiger partial charge on any atom is -0.389 e. The Labute approximate surface area is 122 Å². The molecular formula is C17H27NO2. The quantitative estimate of drug-likeness (QED) is 0.767. The topological polar surface area (TPSA) is 41.5 Å². The van der Waals surface area contributed by atoms with E-state index >= 15 is 0 Å². The maximum atomic E-state index is 10.0. The van der Waals surface area contributed by atoms with Crippen molar-refractivity contribution in [2.24, 2.45) is 0 Å². The van der Waals surface area contributed by atoms with Crippen molar-refractivity contribution in [2.75, 3.05) is 13.2 Å². The molecule has 2 unspecified atom stereocenters. The first-order valence-corrected chi connectivity index (χ1v) is 7.87. The lowest BCUT2D eigenvalue weighted by Gasteiger charge is -2.21. The molecule has 1 aromatic rings. The number of benzene rings is 1. The fraction of sp³-hybridized carbons (Fsp3) is 0.647. The van der Waals surface area contributed by atoms with Crippen LogP contribution in [-0.4, -0.2) is 30.5 Å². The van der Waals surface area contributed by atoms with Crippen LogP contribution in [0, 0.1) is 0 Å². The number of ether oxygens (including phenoxy) is 1. The Morgan fingerprint density at radius 3 is 2.60 bits per heavy atom. The molecule has 2 N–H and O–H groups in total. The van der Waals surface area contributed by atoms with E-state index in [4.69, 9.17) is 4.74 Å². The first-order chi connectivity index (χ1) is 9.79. The third-order valence-corrected chi connectivity index (χ3v) is 4.04. The fourth-order valence-electron chi connectivity index (χ4n) is 2.82. The Morgan fingerprint density at radius 1 is 1.25 bits per heavy atom. The Balaban J connectivity index is 1.69. The van der Waals surface area contributed by atoms with Crippen molar-refractivity contribution in [3.63, 3.8) is 0 Å². The van der Waals surface area contributed by atoms with E-state index in [9.17, 15) is 5.11 Å². The summed E-state index contributed by atoms with van der Waals surface area (Å²) < 4.78 is 5.75. The average molecular weight is 277 g/mol. The highest BCUT2D eigenvalue weighted by Crippen LogP contribution is 2.21. The van der Waals surface area contributed by atoms with Gasteiger partial charge in [-0.05, 0) is 24.8 Å². The molecule has 1 aliphatic carbocycles. The van der Waals surface area contributed by atoms with Gasteiger partial charge < -0.3 is 15.2 Å². The molecule has 0 aliphatic heterocycles. The number of hydrogen-bond donors (Lipinski definition) is 2. The summed E-state index contributed by atoms with van der Waals surface area (Å²) in [6.07, 6.45) is 5.81. The maximum Gasteiger partial charge on any atom is 0.0898 e. The lowest BCUT2D eigenvalue weighted by molar-refractivity contribution is -0.00629. The maximum absolute atomic E-state index is 10.0. The molecule has 3 heteroatoms. The van der Waals surface area contributed by atoms with Crippen molar-refractivity contribution < 1.29 is 9.84 Å². The first-order valence-electron chi connectivity index (χ1n) is 7.87. The van der Waals surface area contributed by atoms with Gasteiger partial charge in [-0.1, -0.05) is 50.1 Å². The fourth-order valence-corrected chi connectivity index (χ4v) is 2.82. The zero-order valence-electron chi connectivity index (χ0n) is 12.4. The second kappa shape index (κ2) is 8.40. The van der Waals surface area contributed by atoms with Crippen LogP contribution in [0.1, 0.15) is 50.6 Å². The van der Waals surface area contributed by atoms with Gasteiger partial charge in [-0.3, -0.25) is 0 Å². The second-order valence-electron chi connectivity index (χ2n) is 5.67. The molecule has 0 heterocycles. The van der Waals surface area contributed by atoms with Crippen LogP contribution in [0.25, 0.3) is 0 Å². The molecule has 20 heavy (non-hydrogen) atoms. The zero-order chi connectivity index (χ0) is 14.2. The van der Waals surface area contributed by atoms with Crippen molar-refractivity contribution in [1.29, 1.82) is 0 Å². The molecule has 2 rings (SSSR count). The molecule has 0 aromatic heterocycles. The summed E-state index contributed by atoms with van der Waals surface area (Å²) in [5, 5.41) is 13.4. The Morgan fingerprint density at radius 2 is 1.95 bits per heavy atom. The lowest BCUT2D eigenvalue weighted by atomic mass is 10.0. The molecule has 0 saturated heterocycles. The molecule has 0 spiro atoms. The number of nitrogens with one attached hydrogen (secondary N) is 1. The monoisotopic (exact) mass is 277 g/mol. The summed E-state index contributed by atoms with van der Waals surface area (Å²) in [4.78, 5) is 0. The van der Waals surface area contributed by atoms with E-state index in [1.54, 1.807) is 0 Å². The zero-order valence-corrected chi connectivity index (χ0v) is 12.4. The number of rotatable bonds is 8. The molecule has 112 valence electrons. The molecule has 1 aliphatic rings. The van der Waals surface area contributed by atoms with E-state index in [0.717, 1.165) is 19.3 Å². The van der Waals surface area contributed by atoms with Crippen LogP contribution in [0.3, 0.4) is 0 Å². The van der Waals surface area contributed by atoms with Crippen molar-refractivity contribution in [3.8, 4) is 0 Å². The van der Waals surface area contributed by atoms with E-state index in [1.165, 1.54) is 18.4 Å². The van der Waals surface area contributed by atoms with E-state index in [1.807, 2.05) is 6.07 Å². The van der Waals surface area contributed by atoms with Gasteiger partial charge in [0.2, 0.25) is 0 Å². The molecule has 0 bridgehead atoms. The predicted octanol–water partition coefficient (Wildman–Crippen LogP) is 3.05. The molecule has 1 aromatic carbocycles. The van der Waals surface area contributed by atoms with E-state index in [-0.39, 0.29) is 0 Å². The first kappa shape index (κ1) is 15.5. The Bertz CT molecular complexity index is 363. The Hall–Kier alpha value is -0.900. The SMILES string of the molecule is CCC(NCC(O)COC1CCCC1)c1ccccc1. The van der Waals surface area contributed by atoms with Crippen molar-refractivity contribution in [2.45, 2.75) is 57.3 Å². The standard InChI is InChI=1S/C17H27NO2/c1-2-17(14-8-4-3-5-9-14)18-12-15(19)13-20-16-10-6-7-11-16/h3-5,8-9,15-19H,2,6-7,10-13H2,1H3. The van der Waals surface area contributed by atoms with Crippen LogP contribution in [0.5, 0.6) is 0 Å². The number of hydrogen-bond acceptors (Lipinski definition) is 3. The van der Waals surface area contributed by atoms with Gasteiger partial charge in [-0.2, -0.15) is 0 Å². The molecule has 2 atom stereocenters. The largest absolute Gasteiger partial charge is 0.389 e. The van der Waals surface area contributed by atoms with Gasteiger partial charge >= 0.3 is 0 Å². The van der Waals surface area contributed by atoms with Gasteiger partial charge in [0.1, 0.15) is 0 Å². The smallest absolute Gasteiger partial charge is 0.0898 e. The minimum atomic E-state index is -0.423. The summed E-state index contributed by atoms with van der Waals surface area (Å²) in [6.45, 7) is 3.19.